The van der Waals surface area contributed by atoms with Crippen LogP contribution in [0.3, 0.4) is 0 Å². The Labute approximate surface area is 315 Å². The van der Waals surface area contributed by atoms with Gasteiger partial charge in [-0.3, -0.25) is 9.69 Å². The molecule has 1 saturated carbocycles. The second-order valence-electron chi connectivity index (χ2n) is 15.6. The smallest absolute Gasteiger partial charge is 0.292 e. The van der Waals surface area contributed by atoms with Crippen LogP contribution in [0.15, 0.2) is 28.9 Å². The van der Waals surface area contributed by atoms with Gasteiger partial charge >= 0.3 is 0 Å². The first-order chi connectivity index (χ1) is 25.0. The van der Waals surface area contributed by atoms with Crippen molar-refractivity contribution < 1.29 is 23.9 Å². The number of hydrogen-bond donors (Lipinski definition) is 2. The number of piperidine rings is 2. The first-order valence-electron chi connectivity index (χ1n) is 20.0. The number of aliphatic hydroxyl groups excluding tert-OH is 1. The van der Waals surface area contributed by atoms with Gasteiger partial charge in [0, 0.05) is 69.1 Å². The van der Waals surface area contributed by atoms with E-state index in [1.54, 1.807) is 0 Å². The summed E-state index contributed by atoms with van der Waals surface area (Å²) in [6.07, 6.45) is 12.5. The maximum atomic E-state index is 9.79. The minimum Gasteiger partial charge on any atom is -0.474 e. The number of unbranched alkanes of at least 4 members (excludes halogenated alkanes) is 1. The lowest BCUT2D eigenvalue weighted by Gasteiger charge is -2.49. The van der Waals surface area contributed by atoms with E-state index in [1.165, 1.54) is 57.6 Å². The summed E-state index contributed by atoms with van der Waals surface area (Å²) in [4.78, 5) is 20.6. The fraction of sp³-hybridized carbons (Fsp3) is 0.775. The lowest BCUT2D eigenvalue weighted by atomic mass is 9.78. The lowest BCUT2D eigenvalue weighted by molar-refractivity contribution is -0.126. The first kappa shape index (κ1) is 43.7. The number of carbonyl (C=O) groups is 1. The molecule has 1 aliphatic carbocycles. The van der Waals surface area contributed by atoms with E-state index < -0.39 is 0 Å². The number of hydrogen-bond acceptors (Lipinski definition) is 11. The van der Waals surface area contributed by atoms with Gasteiger partial charge in [0.05, 0.1) is 13.2 Å². The third kappa shape index (κ3) is 14.3. The summed E-state index contributed by atoms with van der Waals surface area (Å²) in [5.74, 6) is 4.44. The average molecular weight is 726 g/mol. The van der Waals surface area contributed by atoms with Crippen LogP contribution < -0.4 is 15.0 Å². The van der Waals surface area contributed by atoms with Crippen LogP contribution in [0.5, 0.6) is 5.88 Å². The second kappa shape index (κ2) is 23.2. The van der Waals surface area contributed by atoms with E-state index >= 15 is 0 Å². The van der Waals surface area contributed by atoms with Crippen LogP contribution in [0.1, 0.15) is 117 Å². The molecule has 2 aromatic rings. The van der Waals surface area contributed by atoms with E-state index in [4.69, 9.17) is 14.1 Å². The molecule has 0 spiro atoms. The fourth-order valence-corrected chi connectivity index (χ4v) is 6.94. The summed E-state index contributed by atoms with van der Waals surface area (Å²) >= 11 is 0. The Kier molecular flexibility index (Phi) is 19.5. The molecule has 3 fully saturated rings. The quantitative estimate of drug-likeness (QED) is 0.105. The Balaban J connectivity index is 0.000000257. The van der Waals surface area contributed by atoms with Gasteiger partial charge in [0.25, 0.3) is 6.47 Å². The van der Waals surface area contributed by atoms with Gasteiger partial charge in [-0.15, -0.1) is 0 Å². The molecule has 4 heterocycles. The number of aromatic nitrogens is 2. The molecule has 2 aliphatic heterocycles. The van der Waals surface area contributed by atoms with Crippen LogP contribution in [-0.2, 0) is 16.1 Å². The predicted octanol–water partition coefficient (Wildman–Crippen LogP) is 6.55. The van der Waals surface area contributed by atoms with Crippen LogP contribution in [0.2, 0.25) is 6.82 Å². The van der Waals surface area contributed by atoms with Crippen molar-refractivity contribution in [2.24, 2.45) is 11.8 Å². The van der Waals surface area contributed by atoms with E-state index in [2.05, 4.69) is 109 Å². The van der Waals surface area contributed by atoms with E-state index in [0.717, 1.165) is 82.7 Å². The molecule has 1 atom stereocenters. The Hall–Kier alpha value is -2.67. The summed E-state index contributed by atoms with van der Waals surface area (Å²) in [6, 6.07) is 6.30. The Morgan fingerprint density at radius 3 is 2.37 bits per heavy atom. The standard InChI is InChI=1S/C21H37N3O2.C17H29BN3O.C2H4O2/c1-15(2)16(3)19-14-20(22-26-19)23-10-6-17(7-11-23)21(4,5)24-12-8-18(25)9-13-24;1-3-4-9-19-11-12-21(18-2)14-15-8-10-20-17(13-15)22-16-6-5-7-16;1-4-2-3/h14-18,25H,6-13H2,1-5H3;8,10,13,16,19H,3-7,9,11-12,14H2,1-2H3;2H,1H3. The summed E-state index contributed by atoms with van der Waals surface area (Å²) in [7, 11) is 3.47. The number of nitrogens with one attached hydrogen (secondary N) is 1. The third-order valence-corrected chi connectivity index (χ3v) is 11.3. The molecular weight excluding hydrogens is 655 g/mol. The van der Waals surface area contributed by atoms with Crippen molar-refractivity contribution in [2.75, 3.05) is 57.8 Å². The minimum atomic E-state index is -0.0986. The molecule has 11 nitrogen and oxygen atoms in total. The molecule has 0 aromatic carbocycles. The molecule has 5 rings (SSSR count). The van der Waals surface area contributed by atoms with E-state index in [9.17, 15) is 5.11 Å². The molecule has 2 aromatic heterocycles. The average Bonchev–Trinajstić information content (AvgIpc) is 3.63. The van der Waals surface area contributed by atoms with Crippen LogP contribution in [0.25, 0.3) is 0 Å². The highest BCUT2D eigenvalue weighted by atomic mass is 16.5. The van der Waals surface area contributed by atoms with Gasteiger partial charge < -0.3 is 34.1 Å². The predicted molar refractivity (Wildman–Crippen MR) is 211 cm³/mol. The van der Waals surface area contributed by atoms with Gasteiger partial charge in [0.2, 0.25) is 13.3 Å². The van der Waals surface area contributed by atoms with Gasteiger partial charge in [0.15, 0.2) is 5.82 Å². The number of carbonyl (C=O) groups excluding carboxylic acids is 1. The zero-order valence-corrected chi connectivity index (χ0v) is 33.7. The van der Waals surface area contributed by atoms with Gasteiger partial charge in [-0.1, -0.05) is 46.1 Å². The molecule has 293 valence electrons. The van der Waals surface area contributed by atoms with Crippen molar-refractivity contribution >= 4 is 19.7 Å². The molecule has 52 heavy (non-hydrogen) atoms. The highest BCUT2D eigenvalue weighted by molar-refractivity contribution is 6.29. The Morgan fingerprint density at radius 2 is 1.79 bits per heavy atom. The Bertz CT molecular complexity index is 1240. The van der Waals surface area contributed by atoms with Crippen molar-refractivity contribution in [2.45, 2.75) is 136 Å². The van der Waals surface area contributed by atoms with Crippen molar-refractivity contribution in [3.63, 3.8) is 0 Å². The monoisotopic (exact) mass is 726 g/mol. The molecule has 12 heteroatoms. The van der Waals surface area contributed by atoms with Crippen molar-refractivity contribution in [3.8, 4) is 5.88 Å². The molecule has 0 amide bonds. The number of anilines is 1. The SMILES string of the molecule is CC(C)C(C)c1cc(N2CCC(C(C)(C)N3CCC(O)CC3)CC2)no1.COC=O.C[B]N(CCNCCCC)Cc1ccnc(OC2CCC2)c1. The lowest BCUT2D eigenvalue weighted by Crippen LogP contribution is -2.55. The Morgan fingerprint density at radius 1 is 1.10 bits per heavy atom. The van der Waals surface area contributed by atoms with Gasteiger partial charge in [-0.2, -0.15) is 0 Å². The topological polar surface area (TPSA) is 116 Å². The van der Waals surface area contributed by atoms with E-state index in [0.29, 0.717) is 30.3 Å². The third-order valence-electron chi connectivity index (χ3n) is 11.3. The second-order valence-corrected chi connectivity index (χ2v) is 15.6. The van der Waals surface area contributed by atoms with Crippen LogP contribution in [-0.4, -0.2) is 110 Å². The molecule has 2 saturated heterocycles. The van der Waals surface area contributed by atoms with Crippen molar-refractivity contribution in [1.82, 2.24) is 25.2 Å². The number of pyridine rings is 1. The number of likely N-dealkylation sites (tertiary alicyclic amines) is 1. The number of rotatable bonds is 17. The molecule has 2 N–H and O–H groups in total. The molecule has 1 radical (unpaired) electrons. The number of aliphatic hydroxyl groups is 1. The molecule has 3 aliphatic rings. The number of nitrogens with zero attached hydrogens (tertiary/aromatic N) is 5. The minimum absolute atomic E-state index is 0.0986. The van der Waals surface area contributed by atoms with E-state index in [1.807, 2.05) is 6.20 Å². The zero-order chi connectivity index (χ0) is 37.9. The summed E-state index contributed by atoms with van der Waals surface area (Å²) in [5, 5.41) is 17.6. The molecule has 0 bridgehead atoms. The van der Waals surface area contributed by atoms with Crippen LogP contribution in [0.4, 0.5) is 5.82 Å². The highest BCUT2D eigenvalue weighted by Crippen LogP contribution is 2.36. The first-order valence-corrected chi connectivity index (χ1v) is 20.0. The normalized spacial score (nSPS) is 18.2. The van der Waals surface area contributed by atoms with Crippen molar-refractivity contribution in [3.05, 3.63) is 35.7 Å². The van der Waals surface area contributed by atoms with Gasteiger partial charge in [-0.05, 0) is 102 Å². The maximum Gasteiger partial charge on any atom is 0.292 e. The molecule has 1 unspecified atom stereocenters. The summed E-state index contributed by atoms with van der Waals surface area (Å²) in [6.45, 7) is 24.4. The van der Waals surface area contributed by atoms with Crippen molar-refractivity contribution in [1.29, 1.82) is 0 Å². The van der Waals surface area contributed by atoms with Crippen LogP contribution >= 0.6 is 0 Å². The summed E-state index contributed by atoms with van der Waals surface area (Å²) in [5.41, 5.74) is 1.46. The van der Waals surface area contributed by atoms with Gasteiger partial charge in [-0.25, -0.2) is 4.98 Å². The van der Waals surface area contributed by atoms with Gasteiger partial charge in [0.1, 0.15) is 11.9 Å². The fourth-order valence-electron chi connectivity index (χ4n) is 6.94. The van der Waals surface area contributed by atoms with E-state index in [-0.39, 0.29) is 11.6 Å². The van der Waals surface area contributed by atoms with Crippen LogP contribution in [0, 0.1) is 11.8 Å². The zero-order valence-electron chi connectivity index (χ0n) is 33.7. The summed E-state index contributed by atoms with van der Waals surface area (Å²) < 4.78 is 15.4. The molecular formula is C40H70BN6O5. The number of ether oxygens (including phenoxy) is 2. The largest absolute Gasteiger partial charge is 0.474 e. The number of methoxy groups -OCH3 is 1. The highest BCUT2D eigenvalue weighted by Gasteiger charge is 2.39. The maximum absolute atomic E-state index is 9.79.